The first-order valence-electron chi connectivity index (χ1n) is 24.7. The van der Waals surface area contributed by atoms with E-state index in [2.05, 4.69) is 50.3 Å². The minimum absolute atomic E-state index is 0.0893. The Labute approximate surface area is 388 Å². The number of ether oxygens (including phenoxy) is 6. The number of allylic oxidation sites excluding steroid dienone is 8. The molecule has 65 heavy (non-hydrogen) atoms. The van der Waals surface area contributed by atoms with Crippen molar-refractivity contribution in [2.75, 3.05) is 26.4 Å². The molecule has 0 aromatic carbocycles. The summed E-state index contributed by atoms with van der Waals surface area (Å²) in [4.78, 5) is 25.6. The van der Waals surface area contributed by atoms with Gasteiger partial charge in [0, 0.05) is 12.8 Å². The lowest BCUT2D eigenvalue weighted by molar-refractivity contribution is -0.332. The fourth-order valence-electron chi connectivity index (χ4n) is 7.44. The molecule has 0 saturated carbocycles. The highest BCUT2D eigenvalue weighted by atomic mass is 16.7. The fourth-order valence-corrected chi connectivity index (χ4v) is 7.44. The molecule has 0 radical (unpaired) electrons. The van der Waals surface area contributed by atoms with Crippen molar-refractivity contribution in [1.29, 1.82) is 0 Å². The van der Waals surface area contributed by atoms with Crippen LogP contribution in [-0.4, -0.2) is 142 Å². The number of aliphatic hydroxyl groups excluding tert-OH is 7. The van der Waals surface area contributed by atoms with Gasteiger partial charge in [-0.3, -0.25) is 9.59 Å². The molecule has 0 aliphatic carbocycles. The van der Waals surface area contributed by atoms with Gasteiger partial charge in [-0.25, -0.2) is 0 Å². The molecule has 2 aliphatic rings. The van der Waals surface area contributed by atoms with E-state index in [0.29, 0.717) is 19.3 Å². The van der Waals surface area contributed by atoms with Crippen LogP contribution >= 0.6 is 0 Å². The third kappa shape index (κ3) is 26.0. The fraction of sp³-hybridized carbons (Fsp3) is 0.800. The Kier molecular flexibility index (Phi) is 33.7. The third-order valence-electron chi connectivity index (χ3n) is 11.6. The van der Waals surface area contributed by atoms with Crippen LogP contribution in [0.25, 0.3) is 0 Å². The van der Waals surface area contributed by atoms with Crippen LogP contribution in [0.15, 0.2) is 48.6 Å². The second-order valence-electron chi connectivity index (χ2n) is 17.3. The van der Waals surface area contributed by atoms with Gasteiger partial charge in [0.25, 0.3) is 0 Å². The second-order valence-corrected chi connectivity index (χ2v) is 17.3. The molecule has 2 heterocycles. The minimum Gasteiger partial charge on any atom is -0.462 e. The molecule has 15 nitrogen and oxygen atoms in total. The maximum Gasteiger partial charge on any atom is 0.306 e. The molecule has 2 aliphatic heterocycles. The number of aliphatic hydroxyl groups is 7. The van der Waals surface area contributed by atoms with Gasteiger partial charge in [0.15, 0.2) is 18.7 Å². The highest BCUT2D eigenvalue weighted by Gasteiger charge is 2.47. The van der Waals surface area contributed by atoms with E-state index in [-0.39, 0.29) is 19.4 Å². The van der Waals surface area contributed by atoms with Gasteiger partial charge in [0.05, 0.1) is 19.8 Å². The summed E-state index contributed by atoms with van der Waals surface area (Å²) in [5.74, 6) is -0.997. The molecule has 4 unspecified atom stereocenters. The lowest BCUT2D eigenvalue weighted by Crippen LogP contribution is -2.61. The van der Waals surface area contributed by atoms with Gasteiger partial charge in [-0.1, -0.05) is 146 Å². The predicted molar refractivity (Wildman–Crippen MR) is 247 cm³/mol. The Bertz CT molecular complexity index is 1320. The summed E-state index contributed by atoms with van der Waals surface area (Å²) < 4.78 is 33.4. The monoisotopic (exact) mass is 927 g/mol. The van der Waals surface area contributed by atoms with E-state index in [1.807, 2.05) is 12.2 Å². The van der Waals surface area contributed by atoms with Crippen molar-refractivity contribution in [3.8, 4) is 0 Å². The standard InChI is InChI=1S/C50H86O15/c1-3-5-7-9-11-13-14-15-16-17-18-19-20-21-22-23-24-25-27-29-31-33-42(53)63-38(35-60-41(52)32-30-28-26-12-10-8-6-4-2)36-61-49-48(59)46(57)44(55)40(65-49)37-62-50-47(58)45(56)43(54)39(34-51)64-50/h16-17,19-20,22-23,25,27,38-40,43-51,54-59H,3-15,18,21,24,26,28-37H2,1-2H3/b17-16+,20-19+,23-22+,27-25+/t38-,39+,40+,43-,44-,45?,46?,47?,48?,49+,50+/m1/s1. The van der Waals surface area contributed by atoms with Crippen molar-refractivity contribution < 1.29 is 73.8 Å². The zero-order valence-electron chi connectivity index (χ0n) is 39.5. The summed E-state index contributed by atoms with van der Waals surface area (Å²) in [5, 5.41) is 71.9. The number of hydrogen-bond acceptors (Lipinski definition) is 15. The first-order chi connectivity index (χ1) is 31.5. The number of hydrogen-bond donors (Lipinski definition) is 7. The largest absolute Gasteiger partial charge is 0.462 e. The van der Waals surface area contributed by atoms with Crippen LogP contribution < -0.4 is 0 Å². The summed E-state index contributed by atoms with van der Waals surface area (Å²) in [7, 11) is 0. The molecule has 376 valence electrons. The maximum absolute atomic E-state index is 12.9. The topological polar surface area (TPSA) is 231 Å². The summed E-state index contributed by atoms with van der Waals surface area (Å²) >= 11 is 0. The van der Waals surface area contributed by atoms with Crippen molar-refractivity contribution in [3.05, 3.63) is 48.6 Å². The molecule has 7 N–H and O–H groups in total. The van der Waals surface area contributed by atoms with Crippen LogP contribution in [0.2, 0.25) is 0 Å². The van der Waals surface area contributed by atoms with E-state index in [0.717, 1.165) is 44.9 Å². The summed E-state index contributed by atoms with van der Waals surface area (Å²) in [6.45, 7) is 2.47. The van der Waals surface area contributed by atoms with Crippen molar-refractivity contribution >= 4 is 11.9 Å². The Morgan fingerprint density at radius 2 is 0.938 bits per heavy atom. The molecule has 11 atom stereocenters. The van der Waals surface area contributed by atoms with Crippen LogP contribution in [0.3, 0.4) is 0 Å². The van der Waals surface area contributed by atoms with Gasteiger partial charge in [-0.2, -0.15) is 0 Å². The van der Waals surface area contributed by atoms with Gasteiger partial charge in [-0.15, -0.1) is 0 Å². The normalized spacial score (nSPS) is 26.8. The first-order valence-corrected chi connectivity index (χ1v) is 24.7. The van der Waals surface area contributed by atoms with E-state index in [9.17, 15) is 45.3 Å². The molecular weight excluding hydrogens is 841 g/mol. The number of rotatable bonds is 37. The minimum atomic E-state index is -1.77. The van der Waals surface area contributed by atoms with Crippen LogP contribution in [0.5, 0.6) is 0 Å². The highest BCUT2D eigenvalue weighted by Crippen LogP contribution is 2.26. The zero-order chi connectivity index (χ0) is 47.5. The van der Waals surface area contributed by atoms with E-state index < -0.39 is 99.3 Å². The SMILES string of the molecule is CCCCCCCCC/C=C/C/C=C/C/C=C/C/C=C/CCCC(=O)O[C@H](COC(=O)CCCCCCCCCC)CO[C@H]1O[C@@H](CO[C@H]2O[C@@H](CO)[C@@H](O)C(O)C2O)[C@@H](O)C(O)C1O. The number of carbonyl (C=O) groups is 2. The van der Waals surface area contributed by atoms with E-state index >= 15 is 0 Å². The zero-order valence-corrected chi connectivity index (χ0v) is 39.5. The lowest BCUT2D eigenvalue weighted by Gasteiger charge is -2.42. The Hall–Kier alpha value is -2.54. The smallest absolute Gasteiger partial charge is 0.306 e. The first kappa shape index (κ1) is 58.6. The predicted octanol–water partition coefficient (Wildman–Crippen LogP) is 6.32. The van der Waals surface area contributed by atoms with Gasteiger partial charge >= 0.3 is 11.9 Å². The molecular formula is C50H86O15. The third-order valence-corrected chi connectivity index (χ3v) is 11.6. The quantitative estimate of drug-likeness (QED) is 0.0205. The van der Waals surface area contributed by atoms with Crippen molar-refractivity contribution in [2.45, 2.75) is 229 Å². The highest BCUT2D eigenvalue weighted by molar-refractivity contribution is 5.70. The Balaban J connectivity index is 1.82. The van der Waals surface area contributed by atoms with Gasteiger partial charge in [-0.05, 0) is 51.4 Å². The van der Waals surface area contributed by atoms with E-state index in [4.69, 9.17) is 28.4 Å². The average Bonchev–Trinajstić information content (AvgIpc) is 3.30. The molecule has 0 bridgehead atoms. The van der Waals surface area contributed by atoms with Gasteiger partial charge < -0.3 is 64.2 Å². The summed E-state index contributed by atoms with van der Waals surface area (Å²) in [6.07, 6.45) is 23.2. The molecule has 0 amide bonds. The van der Waals surface area contributed by atoms with Crippen molar-refractivity contribution in [1.82, 2.24) is 0 Å². The molecule has 0 aromatic rings. The summed E-state index contributed by atoms with van der Waals surface area (Å²) in [5.41, 5.74) is 0. The van der Waals surface area contributed by atoms with E-state index in [1.54, 1.807) is 0 Å². The van der Waals surface area contributed by atoms with Crippen LogP contribution in [0.1, 0.15) is 162 Å². The van der Waals surface area contributed by atoms with Crippen LogP contribution in [0, 0.1) is 0 Å². The molecule has 15 heteroatoms. The summed E-state index contributed by atoms with van der Waals surface area (Å²) in [6, 6.07) is 0. The lowest BCUT2D eigenvalue weighted by atomic mass is 9.98. The van der Waals surface area contributed by atoms with Gasteiger partial charge in [0.2, 0.25) is 0 Å². The molecule has 0 spiro atoms. The van der Waals surface area contributed by atoms with Gasteiger partial charge in [0.1, 0.15) is 55.4 Å². The van der Waals surface area contributed by atoms with Crippen LogP contribution in [-0.2, 0) is 38.0 Å². The van der Waals surface area contributed by atoms with Crippen molar-refractivity contribution in [2.24, 2.45) is 0 Å². The maximum atomic E-state index is 12.9. The average molecular weight is 927 g/mol. The Morgan fingerprint density at radius 1 is 0.492 bits per heavy atom. The molecule has 2 rings (SSSR count). The van der Waals surface area contributed by atoms with Crippen molar-refractivity contribution in [3.63, 3.8) is 0 Å². The molecule has 2 saturated heterocycles. The molecule has 2 fully saturated rings. The van der Waals surface area contributed by atoms with E-state index in [1.165, 1.54) is 70.6 Å². The molecule has 0 aromatic heterocycles. The number of unbranched alkanes of at least 4 members (excludes halogenated alkanes) is 15. The number of carbonyl (C=O) groups excluding carboxylic acids is 2. The van der Waals surface area contributed by atoms with Crippen LogP contribution in [0.4, 0.5) is 0 Å². The number of esters is 2. The second kappa shape index (κ2) is 37.4. The Morgan fingerprint density at radius 3 is 1.49 bits per heavy atom.